The van der Waals surface area contributed by atoms with Crippen molar-refractivity contribution in [3.05, 3.63) is 83.3 Å². The van der Waals surface area contributed by atoms with Crippen LogP contribution in [0.3, 0.4) is 0 Å². The molecular weight excluding hydrogens is 394 g/mol. The van der Waals surface area contributed by atoms with Crippen LogP contribution in [0.15, 0.2) is 65.1 Å². The van der Waals surface area contributed by atoms with Crippen LogP contribution in [0, 0.1) is 11.3 Å². The first kappa shape index (κ1) is 21.7. The Bertz CT molecular complexity index is 1090. The molecule has 0 bridgehead atoms. The second-order valence-electron chi connectivity index (χ2n) is 6.67. The molecule has 1 N–H and O–H groups in total. The van der Waals surface area contributed by atoms with Crippen LogP contribution in [0.5, 0.6) is 5.75 Å². The van der Waals surface area contributed by atoms with Gasteiger partial charge in [0.25, 0.3) is 11.8 Å². The summed E-state index contributed by atoms with van der Waals surface area (Å²) >= 11 is 0. The first-order chi connectivity index (χ1) is 15.0. The van der Waals surface area contributed by atoms with E-state index in [-0.39, 0.29) is 18.3 Å². The maximum absolute atomic E-state index is 12.5. The average Bonchev–Trinajstić information content (AvgIpc) is 3.28. The lowest BCUT2D eigenvalue weighted by molar-refractivity contribution is 0.0773. The predicted molar refractivity (Wildman–Crippen MR) is 116 cm³/mol. The molecule has 31 heavy (non-hydrogen) atoms. The highest BCUT2D eigenvalue weighted by molar-refractivity contribution is 6.02. The van der Waals surface area contributed by atoms with E-state index in [1.165, 1.54) is 0 Å². The smallest absolute Gasteiger partial charge is 0.291 e. The quantitative estimate of drug-likeness (QED) is 0.584. The number of carbonyl (C=O) groups excluding carboxylic acids is 2. The Balaban J connectivity index is 1.60. The molecule has 0 saturated heterocycles. The zero-order valence-electron chi connectivity index (χ0n) is 17.4. The van der Waals surface area contributed by atoms with E-state index < -0.39 is 5.91 Å². The van der Waals surface area contributed by atoms with Crippen molar-refractivity contribution in [1.29, 1.82) is 5.26 Å². The van der Waals surface area contributed by atoms with Gasteiger partial charge in [0.05, 0.1) is 5.56 Å². The average molecular weight is 417 g/mol. The number of nitrogens with zero attached hydrogens (tertiary/aromatic N) is 2. The molecule has 0 spiro atoms. The first-order valence-electron chi connectivity index (χ1n) is 9.97. The van der Waals surface area contributed by atoms with Gasteiger partial charge in [-0.2, -0.15) is 5.26 Å². The molecule has 3 aromatic rings. The molecule has 0 aliphatic carbocycles. The monoisotopic (exact) mass is 417 g/mol. The maximum Gasteiger partial charge on any atom is 0.291 e. The van der Waals surface area contributed by atoms with Gasteiger partial charge in [0, 0.05) is 24.3 Å². The summed E-state index contributed by atoms with van der Waals surface area (Å²) in [4.78, 5) is 26.6. The Morgan fingerprint density at radius 2 is 1.74 bits per heavy atom. The van der Waals surface area contributed by atoms with Crippen LogP contribution >= 0.6 is 0 Å². The highest BCUT2D eigenvalue weighted by Crippen LogP contribution is 2.19. The number of hydrogen-bond acceptors (Lipinski definition) is 5. The number of nitriles is 1. The number of amides is 2. The van der Waals surface area contributed by atoms with Crippen LogP contribution in [0.1, 0.15) is 46.1 Å². The molecule has 0 aliphatic heterocycles. The number of anilines is 1. The minimum Gasteiger partial charge on any atom is -0.484 e. The van der Waals surface area contributed by atoms with Crippen LogP contribution in [-0.4, -0.2) is 29.8 Å². The van der Waals surface area contributed by atoms with E-state index in [0.717, 1.165) is 0 Å². The summed E-state index contributed by atoms with van der Waals surface area (Å²) in [5.41, 5.74) is 1.55. The summed E-state index contributed by atoms with van der Waals surface area (Å²) in [5.74, 6) is 0.586. The normalized spacial score (nSPS) is 10.2. The third kappa shape index (κ3) is 5.31. The predicted octanol–water partition coefficient (Wildman–Crippen LogP) is 4.46. The zero-order chi connectivity index (χ0) is 22.2. The molecule has 1 aromatic heterocycles. The second-order valence-corrected chi connectivity index (χ2v) is 6.67. The van der Waals surface area contributed by atoms with Gasteiger partial charge in [-0.15, -0.1) is 0 Å². The molecule has 7 nitrogen and oxygen atoms in total. The largest absolute Gasteiger partial charge is 0.484 e. The van der Waals surface area contributed by atoms with Crippen molar-refractivity contribution >= 4 is 17.5 Å². The van der Waals surface area contributed by atoms with E-state index in [9.17, 15) is 9.59 Å². The number of hydrogen-bond donors (Lipinski definition) is 1. The van der Waals surface area contributed by atoms with Gasteiger partial charge in [0.15, 0.2) is 5.76 Å². The van der Waals surface area contributed by atoms with Crippen molar-refractivity contribution in [3.8, 4) is 11.8 Å². The molecule has 2 aromatic carbocycles. The van der Waals surface area contributed by atoms with E-state index >= 15 is 0 Å². The fourth-order valence-corrected chi connectivity index (χ4v) is 2.99. The van der Waals surface area contributed by atoms with Crippen molar-refractivity contribution in [1.82, 2.24) is 4.90 Å². The van der Waals surface area contributed by atoms with Crippen molar-refractivity contribution < 1.29 is 18.7 Å². The SMILES string of the molecule is CCN(CC)C(=O)c1ccc(NC(=O)c2ccc(COc3ccccc3C#N)o2)cc1. The molecule has 7 heteroatoms. The van der Waals surface area contributed by atoms with Gasteiger partial charge in [-0.05, 0) is 62.4 Å². The molecule has 1 heterocycles. The molecule has 0 radical (unpaired) electrons. The molecule has 0 aliphatic rings. The minimum atomic E-state index is -0.411. The Labute approximate surface area is 180 Å². The lowest BCUT2D eigenvalue weighted by atomic mass is 10.1. The standard InChI is InChI=1S/C24H23N3O4/c1-3-27(4-2)24(29)17-9-11-19(12-10-17)26-23(28)22-14-13-20(31-22)16-30-21-8-6-5-7-18(21)15-25/h5-14H,3-4,16H2,1-2H3,(H,26,28). The van der Waals surface area contributed by atoms with E-state index in [1.807, 2.05) is 13.8 Å². The first-order valence-corrected chi connectivity index (χ1v) is 9.97. The number of furan rings is 1. The molecule has 0 fully saturated rings. The van der Waals surface area contributed by atoms with Crippen molar-refractivity contribution in [2.24, 2.45) is 0 Å². The van der Waals surface area contributed by atoms with Crippen molar-refractivity contribution in [2.75, 3.05) is 18.4 Å². The Hall–Kier alpha value is -4.05. The van der Waals surface area contributed by atoms with Crippen LogP contribution < -0.4 is 10.1 Å². The molecule has 3 rings (SSSR count). The molecule has 158 valence electrons. The van der Waals surface area contributed by atoms with Gasteiger partial charge in [-0.3, -0.25) is 9.59 Å². The number of nitrogens with one attached hydrogen (secondary N) is 1. The van der Waals surface area contributed by atoms with Crippen LogP contribution in [-0.2, 0) is 6.61 Å². The van der Waals surface area contributed by atoms with E-state index in [0.29, 0.717) is 41.4 Å². The Kier molecular flexibility index (Phi) is 7.07. The second kappa shape index (κ2) is 10.1. The van der Waals surface area contributed by atoms with Gasteiger partial charge in [-0.1, -0.05) is 12.1 Å². The fraction of sp³-hybridized carbons (Fsp3) is 0.208. The third-order valence-electron chi connectivity index (χ3n) is 4.70. The molecular formula is C24H23N3O4. The Morgan fingerprint density at radius 1 is 1.03 bits per heavy atom. The summed E-state index contributed by atoms with van der Waals surface area (Å²) in [6.07, 6.45) is 0. The van der Waals surface area contributed by atoms with E-state index in [4.69, 9.17) is 14.4 Å². The minimum absolute atomic E-state index is 0.0449. The fourth-order valence-electron chi connectivity index (χ4n) is 2.99. The maximum atomic E-state index is 12.5. The summed E-state index contributed by atoms with van der Waals surface area (Å²) < 4.78 is 11.2. The summed E-state index contributed by atoms with van der Waals surface area (Å²) in [5, 5.41) is 11.9. The van der Waals surface area contributed by atoms with E-state index in [1.54, 1.807) is 65.6 Å². The molecule has 0 saturated carbocycles. The van der Waals surface area contributed by atoms with Crippen molar-refractivity contribution in [2.45, 2.75) is 20.5 Å². The van der Waals surface area contributed by atoms with Crippen LogP contribution in [0.2, 0.25) is 0 Å². The highest BCUT2D eigenvalue weighted by Gasteiger charge is 2.15. The van der Waals surface area contributed by atoms with Gasteiger partial charge in [-0.25, -0.2) is 0 Å². The number of benzene rings is 2. The van der Waals surface area contributed by atoms with Gasteiger partial charge >= 0.3 is 0 Å². The van der Waals surface area contributed by atoms with Crippen LogP contribution in [0.25, 0.3) is 0 Å². The third-order valence-corrected chi connectivity index (χ3v) is 4.70. The van der Waals surface area contributed by atoms with Gasteiger partial charge < -0.3 is 19.4 Å². The number of para-hydroxylation sites is 1. The summed E-state index contributed by atoms with van der Waals surface area (Å²) in [7, 11) is 0. The van der Waals surface area contributed by atoms with Gasteiger partial charge in [0.1, 0.15) is 24.2 Å². The lowest BCUT2D eigenvalue weighted by Crippen LogP contribution is -2.30. The molecule has 0 atom stereocenters. The number of ether oxygens (including phenoxy) is 1. The topological polar surface area (TPSA) is 95.6 Å². The van der Waals surface area contributed by atoms with E-state index in [2.05, 4.69) is 11.4 Å². The van der Waals surface area contributed by atoms with Crippen LogP contribution in [0.4, 0.5) is 5.69 Å². The number of rotatable bonds is 8. The molecule has 2 amide bonds. The number of carbonyl (C=O) groups is 2. The molecule has 0 unspecified atom stereocenters. The van der Waals surface area contributed by atoms with Gasteiger partial charge in [0.2, 0.25) is 0 Å². The summed E-state index contributed by atoms with van der Waals surface area (Å²) in [6, 6.07) is 18.9. The Morgan fingerprint density at radius 3 is 2.42 bits per heavy atom. The van der Waals surface area contributed by atoms with Crippen molar-refractivity contribution in [3.63, 3.8) is 0 Å². The summed E-state index contributed by atoms with van der Waals surface area (Å²) in [6.45, 7) is 5.23. The highest BCUT2D eigenvalue weighted by atomic mass is 16.5. The lowest BCUT2D eigenvalue weighted by Gasteiger charge is -2.18. The zero-order valence-corrected chi connectivity index (χ0v) is 17.4.